The molecule has 5 rings (SSSR count). The number of benzene rings is 2. The molecular formula is C28H28N4O7S2. The summed E-state index contributed by atoms with van der Waals surface area (Å²) in [5.74, 6) is 0.914. The van der Waals surface area contributed by atoms with Gasteiger partial charge in [0.1, 0.15) is 11.1 Å². The average Bonchev–Trinajstić information content (AvgIpc) is 3.56. The number of piperazine rings is 1. The van der Waals surface area contributed by atoms with Gasteiger partial charge in [-0.3, -0.25) is 4.79 Å². The van der Waals surface area contributed by atoms with Gasteiger partial charge < -0.3 is 24.4 Å². The molecule has 0 unspecified atom stereocenters. The molecule has 2 aromatic carbocycles. The van der Waals surface area contributed by atoms with Crippen molar-refractivity contribution in [2.75, 3.05) is 44.9 Å². The Hall–Kier alpha value is -4.12. The molecule has 0 atom stereocenters. The van der Waals surface area contributed by atoms with Gasteiger partial charge in [-0.2, -0.15) is 9.57 Å². The monoisotopic (exact) mass is 596 g/mol. The van der Waals surface area contributed by atoms with Crippen molar-refractivity contribution in [1.82, 2.24) is 9.21 Å². The van der Waals surface area contributed by atoms with E-state index in [0.29, 0.717) is 28.5 Å². The van der Waals surface area contributed by atoms with Crippen LogP contribution in [0, 0.1) is 18.3 Å². The van der Waals surface area contributed by atoms with E-state index in [2.05, 4.69) is 11.4 Å². The zero-order valence-electron chi connectivity index (χ0n) is 22.5. The van der Waals surface area contributed by atoms with Gasteiger partial charge in [0.15, 0.2) is 11.5 Å². The molecule has 0 saturated carbocycles. The summed E-state index contributed by atoms with van der Waals surface area (Å²) in [6.07, 6.45) is 0.0960. The molecule has 0 bridgehead atoms. The molecule has 0 spiro atoms. The van der Waals surface area contributed by atoms with Gasteiger partial charge in [0.2, 0.25) is 16.8 Å². The van der Waals surface area contributed by atoms with Gasteiger partial charge in [0.05, 0.1) is 17.1 Å². The maximum Gasteiger partial charge on any atom is 0.409 e. The van der Waals surface area contributed by atoms with Gasteiger partial charge in [0.25, 0.3) is 5.91 Å². The molecule has 3 heterocycles. The molecular weight excluding hydrogens is 568 g/mol. The lowest BCUT2D eigenvalue weighted by atomic mass is 10.1. The summed E-state index contributed by atoms with van der Waals surface area (Å²) in [4.78, 5) is 27.4. The summed E-state index contributed by atoms with van der Waals surface area (Å²) in [5.41, 5.74) is 2.42. The molecule has 1 aromatic heterocycles. The molecule has 0 radical (unpaired) electrons. The van der Waals surface area contributed by atoms with E-state index in [-0.39, 0.29) is 50.0 Å². The van der Waals surface area contributed by atoms with E-state index in [4.69, 9.17) is 14.2 Å². The zero-order chi connectivity index (χ0) is 29.1. The van der Waals surface area contributed by atoms with Crippen LogP contribution < -0.4 is 14.8 Å². The smallest absolute Gasteiger partial charge is 0.409 e. The Kier molecular flexibility index (Phi) is 8.16. The lowest BCUT2D eigenvalue weighted by Crippen LogP contribution is -2.50. The summed E-state index contributed by atoms with van der Waals surface area (Å²) in [6, 6.07) is 13.5. The summed E-state index contributed by atoms with van der Waals surface area (Å²) < 4.78 is 43.4. The van der Waals surface area contributed by atoms with Crippen LogP contribution in [0.2, 0.25) is 0 Å². The molecule has 214 valence electrons. The summed E-state index contributed by atoms with van der Waals surface area (Å²) in [5, 5.41) is 13.0. The highest BCUT2D eigenvalue weighted by atomic mass is 32.2. The Morgan fingerprint density at radius 3 is 2.46 bits per heavy atom. The average molecular weight is 597 g/mol. The highest BCUT2D eigenvalue weighted by Gasteiger charge is 2.31. The fourth-order valence-corrected chi connectivity index (χ4v) is 7.22. The fourth-order valence-electron chi connectivity index (χ4n) is 4.62. The van der Waals surface area contributed by atoms with Gasteiger partial charge in [0, 0.05) is 43.0 Å². The van der Waals surface area contributed by atoms with E-state index in [1.165, 1.54) is 44.8 Å². The van der Waals surface area contributed by atoms with Crippen LogP contribution in [0.1, 0.15) is 38.8 Å². The number of anilines is 1. The third-order valence-electron chi connectivity index (χ3n) is 6.91. The van der Waals surface area contributed by atoms with Gasteiger partial charge >= 0.3 is 6.09 Å². The Bertz CT molecular complexity index is 1620. The molecule has 1 saturated heterocycles. The quantitative estimate of drug-likeness (QED) is 0.433. The Labute approximate surface area is 241 Å². The number of thiophene rings is 1. The minimum absolute atomic E-state index is 0.0503. The third kappa shape index (κ3) is 5.85. The molecule has 41 heavy (non-hydrogen) atoms. The molecule has 2 aliphatic heterocycles. The largest absolute Gasteiger partial charge is 0.454 e. The Morgan fingerprint density at radius 1 is 1.07 bits per heavy atom. The molecule has 2 amide bonds. The van der Waals surface area contributed by atoms with E-state index in [0.717, 1.165) is 16.0 Å². The van der Waals surface area contributed by atoms with Crippen LogP contribution in [-0.2, 0) is 21.2 Å². The number of sulfonamides is 1. The number of hydrogen-bond acceptors (Lipinski definition) is 9. The van der Waals surface area contributed by atoms with Crippen molar-refractivity contribution >= 4 is 38.4 Å². The fraction of sp³-hybridized carbons (Fsp3) is 0.321. The number of rotatable bonds is 7. The van der Waals surface area contributed by atoms with Crippen molar-refractivity contribution in [1.29, 1.82) is 5.26 Å². The first-order chi connectivity index (χ1) is 19.7. The minimum Gasteiger partial charge on any atom is -0.454 e. The maximum atomic E-state index is 13.1. The molecule has 0 aliphatic carbocycles. The van der Waals surface area contributed by atoms with Crippen LogP contribution >= 0.6 is 11.3 Å². The Balaban J connectivity index is 1.26. The minimum atomic E-state index is -3.81. The van der Waals surface area contributed by atoms with Crippen molar-refractivity contribution in [3.63, 3.8) is 0 Å². The standard InChI is InChI=1S/C28H28N4O7S2/c1-3-37-28(34)31-10-12-32(13-11-31)41(35,36)21-7-5-20(6-8-21)26(33)30-27-22(16-29)18(2)25(40-27)15-19-4-9-23-24(14-19)39-17-38-23/h4-9,14H,3,10-13,15,17H2,1-2H3,(H,30,33). The van der Waals surface area contributed by atoms with Gasteiger partial charge in [-0.25, -0.2) is 13.2 Å². The van der Waals surface area contributed by atoms with E-state index in [1.807, 2.05) is 25.1 Å². The number of carbonyl (C=O) groups excluding carboxylic acids is 2. The number of nitrogens with zero attached hydrogens (tertiary/aromatic N) is 3. The zero-order valence-corrected chi connectivity index (χ0v) is 24.1. The van der Waals surface area contributed by atoms with Crippen LogP contribution in [0.4, 0.5) is 9.80 Å². The first-order valence-electron chi connectivity index (χ1n) is 13.0. The number of fused-ring (bicyclic) bond motifs is 1. The topological polar surface area (TPSA) is 138 Å². The van der Waals surface area contributed by atoms with E-state index in [1.54, 1.807) is 6.92 Å². The molecule has 13 heteroatoms. The number of nitriles is 1. The van der Waals surface area contributed by atoms with Crippen LogP contribution in [0.25, 0.3) is 0 Å². The molecule has 3 aromatic rings. The number of nitrogens with one attached hydrogen (secondary N) is 1. The van der Waals surface area contributed by atoms with E-state index < -0.39 is 22.0 Å². The van der Waals surface area contributed by atoms with E-state index >= 15 is 0 Å². The van der Waals surface area contributed by atoms with Crippen LogP contribution in [0.3, 0.4) is 0 Å². The number of ether oxygens (including phenoxy) is 3. The highest BCUT2D eigenvalue weighted by Crippen LogP contribution is 2.37. The van der Waals surface area contributed by atoms with E-state index in [9.17, 15) is 23.3 Å². The number of carbonyl (C=O) groups is 2. The molecule has 2 aliphatic rings. The van der Waals surface area contributed by atoms with Crippen molar-refractivity contribution in [2.45, 2.75) is 25.2 Å². The van der Waals surface area contributed by atoms with Gasteiger partial charge in [-0.1, -0.05) is 6.07 Å². The summed E-state index contributed by atoms with van der Waals surface area (Å²) in [7, 11) is -3.81. The SMILES string of the molecule is CCOC(=O)N1CCN(S(=O)(=O)c2ccc(C(=O)Nc3sc(Cc4ccc5c(c4)OCO5)c(C)c3C#N)cc2)CC1. The Morgan fingerprint density at radius 2 is 1.78 bits per heavy atom. The normalized spacial score (nSPS) is 14.9. The summed E-state index contributed by atoms with van der Waals surface area (Å²) in [6.45, 7) is 4.76. The van der Waals surface area contributed by atoms with Crippen molar-refractivity contribution in [3.8, 4) is 17.6 Å². The number of amides is 2. The predicted molar refractivity (Wildman–Crippen MR) is 151 cm³/mol. The van der Waals surface area contributed by atoms with Crippen molar-refractivity contribution < 1.29 is 32.2 Å². The van der Waals surface area contributed by atoms with Crippen LogP contribution in [0.15, 0.2) is 47.4 Å². The number of hydrogen-bond donors (Lipinski definition) is 1. The third-order valence-corrected chi connectivity index (χ3v) is 10.0. The van der Waals surface area contributed by atoms with Crippen LogP contribution in [0.5, 0.6) is 11.5 Å². The second-order valence-corrected chi connectivity index (χ2v) is 12.4. The summed E-state index contributed by atoms with van der Waals surface area (Å²) >= 11 is 1.33. The molecule has 11 nitrogen and oxygen atoms in total. The molecule has 1 fully saturated rings. The van der Waals surface area contributed by atoms with Crippen molar-refractivity contribution in [2.24, 2.45) is 0 Å². The highest BCUT2D eigenvalue weighted by molar-refractivity contribution is 7.89. The first-order valence-corrected chi connectivity index (χ1v) is 15.2. The van der Waals surface area contributed by atoms with Crippen molar-refractivity contribution in [3.05, 3.63) is 69.6 Å². The van der Waals surface area contributed by atoms with Crippen LogP contribution in [-0.4, -0.2) is 69.2 Å². The van der Waals surface area contributed by atoms with Gasteiger partial charge in [-0.05, 0) is 61.4 Å². The second kappa shape index (κ2) is 11.8. The lowest BCUT2D eigenvalue weighted by Gasteiger charge is -2.33. The molecule has 1 N–H and O–H groups in total. The predicted octanol–water partition coefficient (Wildman–Crippen LogP) is 3.96. The maximum absolute atomic E-state index is 13.1. The van der Waals surface area contributed by atoms with Gasteiger partial charge in [-0.15, -0.1) is 11.3 Å². The lowest BCUT2D eigenvalue weighted by molar-refractivity contribution is 0.0933. The first kappa shape index (κ1) is 28.4. The second-order valence-electron chi connectivity index (χ2n) is 9.40.